The molecule has 0 spiro atoms. The lowest BCUT2D eigenvalue weighted by atomic mass is 10.1. The van der Waals surface area contributed by atoms with E-state index in [1.807, 2.05) is 78.9 Å². The van der Waals surface area contributed by atoms with E-state index in [9.17, 15) is 5.11 Å². The van der Waals surface area contributed by atoms with E-state index in [4.69, 9.17) is 0 Å². The van der Waals surface area contributed by atoms with Crippen LogP contribution in [0.4, 0.5) is 22.7 Å². The molecule has 1 N–H and O–H groups in total. The molecule has 5 nitrogen and oxygen atoms in total. The Morgan fingerprint density at radius 2 is 0.724 bits per heavy atom. The van der Waals surface area contributed by atoms with Crippen molar-refractivity contribution in [1.29, 1.82) is 0 Å². The van der Waals surface area contributed by atoms with Gasteiger partial charge < -0.3 is 5.11 Å². The van der Waals surface area contributed by atoms with E-state index in [0.717, 1.165) is 28.2 Å². The summed E-state index contributed by atoms with van der Waals surface area (Å²) in [7, 11) is 0. The van der Waals surface area contributed by atoms with Gasteiger partial charge in [-0.3, -0.25) is 0 Å². The van der Waals surface area contributed by atoms with Crippen molar-refractivity contribution in [3.8, 4) is 16.9 Å². The summed E-state index contributed by atoms with van der Waals surface area (Å²) in [5, 5.41) is 26.2. The number of benzene rings is 4. The predicted molar refractivity (Wildman–Crippen MR) is 115 cm³/mol. The van der Waals surface area contributed by atoms with Crippen molar-refractivity contribution in [1.82, 2.24) is 0 Å². The lowest BCUT2D eigenvalue weighted by Crippen LogP contribution is -1.76. The average Bonchev–Trinajstić information content (AvgIpc) is 2.79. The van der Waals surface area contributed by atoms with Crippen LogP contribution in [-0.2, 0) is 0 Å². The van der Waals surface area contributed by atoms with Gasteiger partial charge in [0.1, 0.15) is 5.75 Å². The SMILES string of the molecule is Oc1ccc(N=Nc2ccc(-c3ccc(N=Nc4ccccc4)cc3)cc2)cc1. The van der Waals surface area contributed by atoms with E-state index >= 15 is 0 Å². The Balaban J connectivity index is 1.43. The van der Waals surface area contributed by atoms with E-state index in [0.29, 0.717) is 5.69 Å². The van der Waals surface area contributed by atoms with E-state index in [1.54, 1.807) is 24.3 Å². The maximum absolute atomic E-state index is 9.30. The molecule has 4 rings (SSSR count). The molecule has 140 valence electrons. The summed E-state index contributed by atoms with van der Waals surface area (Å²) >= 11 is 0. The molecule has 4 aromatic carbocycles. The van der Waals surface area contributed by atoms with Crippen LogP contribution in [0.3, 0.4) is 0 Å². The zero-order valence-electron chi connectivity index (χ0n) is 15.6. The molecule has 0 aliphatic rings. The van der Waals surface area contributed by atoms with Gasteiger partial charge in [0, 0.05) is 0 Å². The Hall–Kier alpha value is -4.12. The normalized spacial score (nSPS) is 11.3. The van der Waals surface area contributed by atoms with Gasteiger partial charge in [0.15, 0.2) is 0 Å². The largest absolute Gasteiger partial charge is 0.508 e. The second-order valence-electron chi connectivity index (χ2n) is 6.35. The zero-order valence-corrected chi connectivity index (χ0v) is 15.6. The van der Waals surface area contributed by atoms with Gasteiger partial charge in [-0.1, -0.05) is 42.5 Å². The van der Waals surface area contributed by atoms with Crippen LogP contribution in [0, 0.1) is 0 Å². The van der Waals surface area contributed by atoms with Gasteiger partial charge >= 0.3 is 0 Å². The van der Waals surface area contributed by atoms with Crippen molar-refractivity contribution in [3.63, 3.8) is 0 Å². The number of azo groups is 2. The highest BCUT2D eigenvalue weighted by molar-refractivity contribution is 5.67. The van der Waals surface area contributed by atoms with E-state index in [-0.39, 0.29) is 5.75 Å². The molecule has 0 unspecified atom stereocenters. The van der Waals surface area contributed by atoms with Crippen LogP contribution in [0.2, 0.25) is 0 Å². The molecule has 0 aliphatic carbocycles. The van der Waals surface area contributed by atoms with Gasteiger partial charge in [0.05, 0.1) is 22.7 Å². The second kappa shape index (κ2) is 8.71. The molecule has 0 bridgehead atoms. The van der Waals surface area contributed by atoms with Crippen LogP contribution in [0.25, 0.3) is 11.1 Å². The fourth-order valence-electron chi connectivity index (χ4n) is 2.69. The highest BCUT2D eigenvalue weighted by Crippen LogP contribution is 2.27. The van der Waals surface area contributed by atoms with Gasteiger partial charge in [-0.2, -0.15) is 20.5 Å². The molecular weight excluding hydrogens is 360 g/mol. The molecular formula is C24H18N4O. The van der Waals surface area contributed by atoms with Crippen LogP contribution in [0.15, 0.2) is 124 Å². The Morgan fingerprint density at radius 1 is 0.379 bits per heavy atom. The maximum Gasteiger partial charge on any atom is 0.115 e. The molecule has 0 aromatic heterocycles. The minimum absolute atomic E-state index is 0.209. The topological polar surface area (TPSA) is 69.7 Å². The highest BCUT2D eigenvalue weighted by Gasteiger charge is 1.99. The summed E-state index contributed by atoms with van der Waals surface area (Å²) in [4.78, 5) is 0. The molecule has 29 heavy (non-hydrogen) atoms. The van der Waals surface area contributed by atoms with E-state index in [1.165, 1.54) is 0 Å². The van der Waals surface area contributed by atoms with Crippen molar-refractivity contribution in [2.24, 2.45) is 20.5 Å². The lowest BCUT2D eigenvalue weighted by Gasteiger charge is -2.02. The minimum atomic E-state index is 0.209. The molecule has 0 saturated heterocycles. The molecule has 0 heterocycles. The number of hydrogen-bond donors (Lipinski definition) is 1. The Morgan fingerprint density at radius 3 is 1.14 bits per heavy atom. The smallest absolute Gasteiger partial charge is 0.115 e. The molecule has 0 radical (unpaired) electrons. The first-order chi connectivity index (χ1) is 14.3. The summed E-state index contributed by atoms with van der Waals surface area (Å²) in [5.41, 5.74) is 5.25. The molecule has 0 fully saturated rings. The van der Waals surface area contributed by atoms with Crippen LogP contribution in [0.5, 0.6) is 5.75 Å². The summed E-state index contributed by atoms with van der Waals surface area (Å²) < 4.78 is 0. The summed E-state index contributed by atoms with van der Waals surface area (Å²) in [6, 6.07) is 32.0. The third-order valence-corrected chi connectivity index (χ3v) is 4.24. The van der Waals surface area contributed by atoms with Crippen molar-refractivity contribution >= 4 is 22.7 Å². The average molecular weight is 378 g/mol. The fraction of sp³-hybridized carbons (Fsp3) is 0. The van der Waals surface area contributed by atoms with Crippen LogP contribution in [-0.4, -0.2) is 5.11 Å². The molecule has 0 aliphatic heterocycles. The summed E-state index contributed by atoms with van der Waals surface area (Å²) in [5.74, 6) is 0.209. The molecule has 0 saturated carbocycles. The van der Waals surface area contributed by atoms with Crippen molar-refractivity contribution in [3.05, 3.63) is 103 Å². The number of phenols is 1. The minimum Gasteiger partial charge on any atom is -0.508 e. The lowest BCUT2D eigenvalue weighted by molar-refractivity contribution is 0.475. The number of rotatable bonds is 5. The zero-order chi connectivity index (χ0) is 19.9. The van der Waals surface area contributed by atoms with Gasteiger partial charge in [0.25, 0.3) is 0 Å². The molecule has 5 heteroatoms. The third kappa shape index (κ3) is 4.99. The van der Waals surface area contributed by atoms with Gasteiger partial charge in [-0.15, -0.1) is 0 Å². The molecule has 0 amide bonds. The van der Waals surface area contributed by atoms with Crippen LogP contribution in [0.1, 0.15) is 0 Å². The monoisotopic (exact) mass is 378 g/mol. The van der Waals surface area contributed by atoms with Gasteiger partial charge in [0.2, 0.25) is 0 Å². The second-order valence-corrected chi connectivity index (χ2v) is 6.35. The maximum atomic E-state index is 9.30. The predicted octanol–water partition coefficient (Wildman–Crippen LogP) is 7.89. The highest BCUT2D eigenvalue weighted by atomic mass is 16.3. The molecule has 4 aromatic rings. The van der Waals surface area contributed by atoms with Crippen molar-refractivity contribution in [2.45, 2.75) is 0 Å². The quantitative estimate of drug-likeness (QED) is 0.352. The number of hydrogen-bond acceptors (Lipinski definition) is 5. The number of aromatic hydroxyl groups is 1. The van der Waals surface area contributed by atoms with Crippen LogP contribution >= 0.6 is 0 Å². The van der Waals surface area contributed by atoms with Gasteiger partial charge in [-0.25, -0.2) is 0 Å². The number of phenolic OH excluding ortho intramolecular Hbond substituents is 1. The van der Waals surface area contributed by atoms with E-state index < -0.39 is 0 Å². The summed E-state index contributed by atoms with van der Waals surface area (Å²) in [6.45, 7) is 0. The van der Waals surface area contributed by atoms with Gasteiger partial charge in [-0.05, 0) is 71.8 Å². The Labute approximate surface area is 168 Å². The van der Waals surface area contributed by atoms with E-state index in [2.05, 4.69) is 20.5 Å². The Bertz CT molecular complexity index is 1120. The van der Waals surface area contributed by atoms with Crippen LogP contribution < -0.4 is 0 Å². The fourth-order valence-corrected chi connectivity index (χ4v) is 2.69. The third-order valence-electron chi connectivity index (χ3n) is 4.24. The van der Waals surface area contributed by atoms with Crippen molar-refractivity contribution in [2.75, 3.05) is 0 Å². The first kappa shape index (κ1) is 18.3. The summed E-state index contributed by atoms with van der Waals surface area (Å²) in [6.07, 6.45) is 0. The standard InChI is InChI=1S/C24H18N4O/c29-24-16-14-23(15-17-24)28-27-22-12-8-19(9-13-22)18-6-10-21(11-7-18)26-25-20-4-2-1-3-5-20/h1-17,29H. The Kier molecular flexibility index (Phi) is 5.48. The number of nitrogens with zero attached hydrogens (tertiary/aromatic N) is 4. The van der Waals surface area contributed by atoms with Crippen molar-refractivity contribution < 1.29 is 5.11 Å². The first-order valence-corrected chi connectivity index (χ1v) is 9.14. The first-order valence-electron chi connectivity index (χ1n) is 9.14. The molecule has 0 atom stereocenters.